The van der Waals surface area contributed by atoms with Gasteiger partial charge in [0.1, 0.15) is 11.6 Å². The normalized spacial score (nSPS) is 22.0. The first kappa shape index (κ1) is 21.7. The molecule has 162 valence electrons. The molecule has 1 fully saturated rings. The minimum absolute atomic E-state index is 0.292. The van der Waals surface area contributed by atoms with Crippen LogP contribution in [-0.4, -0.2) is 40.4 Å². The van der Waals surface area contributed by atoms with Crippen LogP contribution in [0.4, 0.5) is 8.78 Å². The summed E-state index contributed by atoms with van der Waals surface area (Å²) in [6.07, 6.45) is 2.13. The largest absolute Gasteiger partial charge is 0.494 e. The lowest BCUT2D eigenvalue weighted by Gasteiger charge is -2.32. The molecular weight excluding hydrogens is 401 g/mol. The van der Waals surface area contributed by atoms with Gasteiger partial charge < -0.3 is 14.4 Å². The second kappa shape index (κ2) is 7.86. The van der Waals surface area contributed by atoms with Crippen LogP contribution in [0.25, 0.3) is 0 Å². The molecule has 31 heavy (non-hydrogen) atoms. The van der Waals surface area contributed by atoms with Crippen LogP contribution in [-0.2, 0) is 15.9 Å². The molecule has 0 radical (unpaired) electrons. The Hall–Kier alpha value is -2.55. The highest BCUT2D eigenvalue weighted by molar-refractivity contribution is 6.62. The fraction of sp³-hybridized carbons (Fsp3) is 0.348. The zero-order valence-corrected chi connectivity index (χ0v) is 18.0. The second-order valence-corrected chi connectivity index (χ2v) is 8.85. The molecule has 0 bridgehead atoms. The summed E-state index contributed by atoms with van der Waals surface area (Å²) >= 11 is 0. The first-order valence-electron chi connectivity index (χ1n) is 10.2. The van der Waals surface area contributed by atoms with Gasteiger partial charge in [0.2, 0.25) is 0 Å². The maximum Gasteiger partial charge on any atom is 0.494 e. The Balaban J connectivity index is 1.56. The lowest BCUT2D eigenvalue weighted by Crippen LogP contribution is -2.41. The van der Waals surface area contributed by atoms with Crippen molar-refractivity contribution in [2.45, 2.75) is 51.7 Å². The van der Waals surface area contributed by atoms with Gasteiger partial charge >= 0.3 is 7.12 Å². The Kier molecular flexibility index (Phi) is 5.49. The van der Waals surface area contributed by atoms with E-state index in [2.05, 4.69) is 5.10 Å². The lowest BCUT2D eigenvalue weighted by atomic mass is 9.78. The summed E-state index contributed by atoms with van der Waals surface area (Å²) in [4.78, 5) is 0. The number of halogens is 2. The molecule has 0 aromatic heterocycles. The quantitative estimate of drug-likeness (QED) is 0.763. The molecule has 8 heteroatoms. The third-order valence-corrected chi connectivity index (χ3v) is 5.95. The lowest BCUT2D eigenvalue weighted by molar-refractivity contribution is 0.00578. The Morgan fingerprint density at radius 2 is 1.68 bits per heavy atom. The molecule has 5 nitrogen and oxygen atoms in total. The average molecular weight is 426 g/mol. The molecule has 0 aliphatic carbocycles. The summed E-state index contributed by atoms with van der Waals surface area (Å²) in [5.74, 6) is -1.36. The molecule has 0 amide bonds. The van der Waals surface area contributed by atoms with Crippen molar-refractivity contribution in [3.05, 3.63) is 77.4 Å². The highest BCUT2D eigenvalue weighted by Gasteiger charge is 2.51. The van der Waals surface area contributed by atoms with E-state index in [1.165, 1.54) is 23.2 Å². The van der Waals surface area contributed by atoms with Crippen molar-refractivity contribution in [2.75, 3.05) is 0 Å². The number of rotatable bonds is 4. The predicted molar refractivity (Wildman–Crippen MR) is 116 cm³/mol. The van der Waals surface area contributed by atoms with E-state index < -0.39 is 36.2 Å². The van der Waals surface area contributed by atoms with Crippen molar-refractivity contribution in [3.8, 4) is 0 Å². The zero-order chi connectivity index (χ0) is 22.4. The summed E-state index contributed by atoms with van der Waals surface area (Å²) in [7, 11) is -0.495. The van der Waals surface area contributed by atoms with E-state index in [0.29, 0.717) is 17.8 Å². The number of allylic oxidation sites excluding steroid dienone is 1. The van der Waals surface area contributed by atoms with Gasteiger partial charge in [0.05, 0.1) is 23.5 Å². The number of nitrogens with zero attached hydrogens (tertiary/aromatic N) is 2. The second-order valence-electron chi connectivity index (χ2n) is 8.85. The number of hydrogen-bond acceptors (Lipinski definition) is 5. The smallest absolute Gasteiger partial charge is 0.399 e. The molecule has 4 rings (SSSR count). The molecule has 1 unspecified atom stereocenters. The number of hydrazone groups is 1. The van der Waals surface area contributed by atoms with Crippen molar-refractivity contribution in [2.24, 2.45) is 5.10 Å². The Morgan fingerprint density at radius 3 is 2.32 bits per heavy atom. The maximum atomic E-state index is 13.6. The average Bonchev–Trinajstić information content (AvgIpc) is 2.90. The SMILES string of the molecule is CC1(C)OB(c2cccc(CN3N=C(c4cc(F)cc(F)c4)C=CC3O)c2)OC1(C)C. The number of aliphatic hydroxyl groups excluding tert-OH is 1. The van der Waals surface area contributed by atoms with Crippen LogP contribution in [0, 0.1) is 11.6 Å². The highest BCUT2D eigenvalue weighted by Crippen LogP contribution is 2.36. The van der Waals surface area contributed by atoms with E-state index in [4.69, 9.17) is 9.31 Å². The topological polar surface area (TPSA) is 54.3 Å². The van der Waals surface area contributed by atoms with Crippen LogP contribution >= 0.6 is 0 Å². The molecular formula is C23H25BF2N2O3. The third-order valence-electron chi connectivity index (χ3n) is 5.95. The molecule has 0 spiro atoms. The molecule has 1 atom stereocenters. The van der Waals surface area contributed by atoms with Crippen molar-refractivity contribution in [1.29, 1.82) is 0 Å². The first-order valence-corrected chi connectivity index (χ1v) is 10.2. The first-order chi connectivity index (χ1) is 14.5. The van der Waals surface area contributed by atoms with Crippen molar-refractivity contribution >= 4 is 18.3 Å². The van der Waals surface area contributed by atoms with Gasteiger partial charge in [-0.1, -0.05) is 24.3 Å². The Bertz CT molecular complexity index is 1020. The van der Waals surface area contributed by atoms with E-state index in [1.54, 1.807) is 6.08 Å². The number of benzene rings is 2. The van der Waals surface area contributed by atoms with Crippen LogP contribution in [0.5, 0.6) is 0 Å². The molecule has 2 aliphatic rings. The van der Waals surface area contributed by atoms with Gasteiger partial charge in [0.15, 0.2) is 6.23 Å². The van der Waals surface area contributed by atoms with Crippen LogP contribution < -0.4 is 5.46 Å². The third kappa shape index (κ3) is 4.42. The van der Waals surface area contributed by atoms with Gasteiger partial charge in [-0.3, -0.25) is 5.01 Å². The predicted octanol–water partition coefficient (Wildman–Crippen LogP) is 3.36. The molecule has 0 saturated carbocycles. The van der Waals surface area contributed by atoms with Crippen LogP contribution in [0.15, 0.2) is 59.7 Å². The standard InChI is InChI=1S/C23H25BF2N2O3/c1-22(2)23(3,4)31-24(30-22)17-7-5-6-15(10-17)14-28-21(29)9-8-20(27-28)16-11-18(25)13-19(26)12-16/h5-13,21,29H,14H2,1-4H3. The highest BCUT2D eigenvalue weighted by atomic mass is 19.1. The monoisotopic (exact) mass is 426 g/mol. The molecule has 2 aromatic rings. The summed E-state index contributed by atoms with van der Waals surface area (Å²) in [5.41, 5.74) is 1.54. The fourth-order valence-corrected chi connectivity index (χ4v) is 3.50. The molecule has 1 saturated heterocycles. The Labute approximate surface area is 181 Å². The van der Waals surface area contributed by atoms with Gasteiger partial charge in [-0.2, -0.15) is 5.10 Å². The molecule has 2 aliphatic heterocycles. The van der Waals surface area contributed by atoms with Crippen molar-refractivity contribution in [3.63, 3.8) is 0 Å². The van der Waals surface area contributed by atoms with Gasteiger partial charge in [-0.05, 0) is 63.0 Å². The van der Waals surface area contributed by atoms with E-state index >= 15 is 0 Å². The van der Waals surface area contributed by atoms with Crippen LogP contribution in [0.2, 0.25) is 0 Å². The summed E-state index contributed by atoms with van der Waals surface area (Å²) in [5, 5.41) is 16.2. The zero-order valence-electron chi connectivity index (χ0n) is 18.0. The van der Waals surface area contributed by atoms with Gasteiger partial charge in [0, 0.05) is 11.6 Å². The molecule has 2 aromatic carbocycles. The van der Waals surface area contributed by atoms with Crippen LogP contribution in [0.3, 0.4) is 0 Å². The van der Waals surface area contributed by atoms with Gasteiger partial charge in [-0.25, -0.2) is 8.78 Å². The molecule has 2 heterocycles. The summed E-state index contributed by atoms with van der Waals surface area (Å²) in [6, 6.07) is 10.9. The van der Waals surface area contributed by atoms with Crippen molar-refractivity contribution in [1.82, 2.24) is 5.01 Å². The van der Waals surface area contributed by atoms with Crippen LogP contribution in [0.1, 0.15) is 38.8 Å². The summed E-state index contributed by atoms with van der Waals surface area (Å²) in [6.45, 7) is 8.29. The van der Waals surface area contributed by atoms with Gasteiger partial charge in [0.25, 0.3) is 0 Å². The van der Waals surface area contributed by atoms with E-state index in [1.807, 2.05) is 52.0 Å². The van der Waals surface area contributed by atoms with E-state index in [9.17, 15) is 13.9 Å². The van der Waals surface area contributed by atoms with E-state index in [-0.39, 0.29) is 0 Å². The maximum absolute atomic E-state index is 13.6. The van der Waals surface area contributed by atoms with Crippen molar-refractivity contribution < 1.29 is 23.2 Å². The Morgan fingerprint density at radius 1 is 1.03 bits per heavy atom. The van der Waals surface area contributed by atoms with E-state index in [0.717, 1.165) is 17.1 Å². The minimum Gasteiger partial charge on any atom is -0.399 e. The summed E-state index contributed by atoms with van der Waals surface area (Å²) < 4.78 is 39.4. The minimum atomic E-state index is -0.956. The number of hydrogen-bond donors (Lipinski definition) is 1. The number of aliphatic hydroxyl groups is 1. The fourth-order valence-electron chi connectivity index (χ4n) is 3.50. The molecule has 1 N–H and O–H groups in total. The van der Waals surface area contributed by atoms with Gasteiger partial charge in [-0.15, -0.1) is 0 Å².